The van der Waals surface area contributed by atoms with Crippen molar-refractivity contribution in [1.29, 1.82) is 0 Å². The molecule has 0 radical (unpaired) electrons. The van der Waals surface area contributed by atoms with E-state index in [1.807, 2.05) is 55.6 Å². The van der Waals surface area contributed by atoms with Crippen LogP contribution in [0, 0.1) is 6.92 Å². The van der Waals surface area contributed by atoms with Gasteiger partial charge in [-0.3, -0.25) is 4.57 Å². The van der Waals surface area contributed by atoms with Crippen LogP contribution in [-0.2, 0) is 6.18 Å². The molecule has 0 aliphatic rings. The molecule has 3 aromatic heterocycles. The van der Waals surface area contributed by atoms with E-state index in [-0.39, 0.29) is 5.82 Å². The molecule has 38 heavy (non-hydrogen) atoms. The number of alkyl halides is 3. The van der Waals surface area contributed by atoms with Crippen molar-refractivity contribution in [2.45, 2.75) is 13.1 Å². The third-order valence-corrected chi connectivity index (χ3v) is 6.79. The Morgan fingerprint density at radius 3 is 2.29 bits per heavy atom. The third kappa shape index (κ3) is 4.16. The molecule has 7 heteroatoms. The second kappa shape index (κ2) is 9.03. The van der Waals surface area contributed by atoms with E-state index in [4.69, 9.17) is 0 Å². The molecule has 0 spiro atoms. The van der Waals surface area contributed by atoms with Crippen LogP contribution in [0.3, 0.4) is 0 Å². The zero-order valence-electron chi connectivity index (χ0n) is 20.7. The average molecular weight is 509 g/mol. The highest BCUT2D eigenvalue weighted by Gasteiger charge is 2.31. The number of benzene rings is 3. The lowest BCUT2D eigenvalue weighted by molar-refractivity contribution is -0.137. The quantitative estimate of drug-likeness (QED) is 0.240. The monoisotopic (exact) mass is 508 g/mol. The van der Waals surface area contributed by atoms with E-state index in [0.29, 0.717) is 0 Å². The predicted molar refractivity (Wildman–Crippen MR) is 146 cm³/mol. The molecule has 6 aromatic rings. The second-order valence-corrected chi connectivity index (χ2v) is 9.29. The summed E-state index contributed by atoms with van der Waals surface area (Å²) < 4.78 is 41.9. The standard InChI is InChI=1S/C31H23F3N4/c1-20-12-14-36-30(16-20)38-27-9-4-3-8-25(27)26-11-10-22(18-28(26)38)21-6-5-7-24(17-21)37(2)29-19-23(13-15-35-29)31(32,33)34/h3-19H,1-2H3. The van der Waals surface area contributed by atoms with E-state index >= 15 is 0 Å². The van der Waals surface area contributed by atoms with E-state index in [2.05, 4.69) is 50.9 Å². The highest BCUT2D eigenvalue weighted by Crippen LogP contribution is 2.36. The largest absolute Gasteiger partial charge is 0.416 e. The number of nitrogens with zero attached hydrogens (tertiary/aromatic N) is 4. The summed E-state index contributed by atoms with van der Waals surface area (Å²) >= 11 is 0. The number of aromatic nitrogens is 3. The highest BCUT2D eigenvalue weighted by atomic mass is 19.4. The van der Waals surface area contributed by atoms with Gasteiger partial charge in [0.2, 0.25) is 0 Å². The fourth-order valence-electron chi connectivity index (χ4n) is 4.84. The topological polar surface area (TPSA) is 34.0 Å². The van der Waals surface area contributed by atoms with Crippen molar-refractivity contribution in [3.63, 3.8) is 0 Å². The van der Waals surface area contributed by atoms with Gasteiger partial charge >= 0.3 is 6.18 Å². The van der Waals surface area contributed by atoms with Crippen LogP contribution in [0.25, 0.3) is 38.8 Å². The number of anilines is 2. The van der Waals surface area contributed by atoms with Gasteiger partial charge in [0, 0.05) is 35.9 Å². The van der Waals surface area contributed by atoms with Gasteiger partial charge in [0.15, 0.2) is 0 Å². The fourth-order valence-corrected chi connectivity index (χ4v) is 4.84. The summed E-state index contributed by atoms with van der Waals surface area (Å²) in [5.41, 5.74) is 5.15. The molecule has 0 aliphatic carbocycles. The average Bonchev–Trinajstić information content (AvgIpc) is 3.26. The molecule has 3 aromatic carbocycles. The maximum Gasteiger partial charge on any atom is 0.416 e. The maximum absolute atomic E-state index is 13.2. The molecule has 0 saturated carbocycles. The summed E-state index contributed by atoms with van der Waals surface area (Å²) in [6.07, 6.45) is -1.43. The van der Waals surface area contributed by atoms with Gasteiger partial charge in [0.1, 0.15) is 11.6 Å². The van der Waals surface area contributed by atoms with Crippen LogP contribution in [0.1, 0.15) is 11.1 Å². The van der Waals surface area contributed by atoms with Crippen molar-refractivity contribution in [1.82, 2.24) is 14.5 Å². The SMILES string of the molecule is Cc1ccnc(-n2c3ccccc3c3ccc(-c4cccc(N(C)c5cc(C(F)(F)F)ccn5)c4)cc32)c1. The first kappa shape index (κ1) is 23.7. The van der Waals surface area contributed by atoms with Gasteiger partial charge in [0.25, 0.3) is 0 Å². The molecule has 0 atom stereocenters. The minimum atomic E-state index is -4.43. The van der Waals surface area contributed by atoms with Gasteiger partial charge in [0.05, 0.1) is 16.6 Å². The minimum Gasteiger partial charge on any atom is -0.329 e. The summed E-state index contributed by atoms with van der Waals surface area (Å²) in [5, 5.41) is 2.26. The van der Waals surface area contributed by atoms with Crippen molar-refractivity contribution in [3.8, 4) is 16.9 Å². The summed E-state index contributed by atoms with van der Waals surface area (Å²) in [7, 11) is 1.71. The molecule has 3 heterocycles. The summed E-state index contributed by atoms with van der Waals surface area (Å²) in [5.74, 6) is 1.07. The lowest BCUT2D eigenvalue weighted by Crippen LogP contribution is -2.13. The third-order valence-electron chi connectivity index (χ3n) is 6.79. The zero-order valence-corrected chi connectivity index (χ0v) is 20.7. The van der Waals surface area contributed by atoms with Gasteiger partial charge in [-0.15, -0.1) is 0 Å². The highest BCUT2D eigenvalue weighted by molar-refractivity contribution is 6.10. The lowest BCUT2D eigenvalue weighted by Gasteiger charge is -2.20. The molecule has 0 aliphatic heterocycles. The van der Waals surface area contributed by atoms with E-state index in [1.54, 1.807) is 11.9 Å². The summed E-state index contributed by atoms with van der Waals surface area (Å²) in [6, 6.07) is 28.4. The van der Waals surface area contributed by atoms with Crippen molar-refractivity contribution in [2.75, 3.05) is 11.9 Å². The van der Waals surface area contributed by atoms with Crippen LogP contribution < -0.4 is 4.90 Å². The van der Waals surface area contributed by atoms with Crippen molar-refractivity contribution < 1.29 is 13.2 Å². The number of fused-ring (bicyclic) bond motifs is 3. The van der Waals surface area contributed by atoms with E-state index in [1.165, 1.54) is 6.20 Å². The number of rotatable bonds is 4. The van der Waals surface area contributed by atoms with Crippen molar-refractivity contribution >= 4 is 33.3 Å². The van der Waals surface area contributed by atoms with E-state index in [9.17, 15) is 13.2 Å². The Kier molecular flexibility index (Phi) is 5.64. The lowest BCUT2D eigenvalue weighted by atomic mass is 10.0. The second-order valence-electron chi connectivity index (χ2n) is 9.29. The Labute approximate surface area is 217 Å². The fraction of sp³-hybridized carbons (Fsp3) is 0.0968. The number of pyridine rings is 2. The predicted octanol–water partition coefficient (Wildman–Crippen LogP) is 8.34. The van der Waals surface area contributed by atoms with Crippen molar-refractivity contribution in [2.24, 2.45) is 0 Å². The first-order valence-corrected chi connectivity index (χ1v) is 12.1. The minimum absolute atomic E-state index is 0.220. The zero-order chi connectivity index (χ0) is 26.4. The smallest absolute Gasteiger partial charge is 0.329 e. The van der Waals surface area contributed by atoms with Crippen LogP contribution in [0.4, 0.5) is 24.7 Å². The number of para-hydroxylation sites is 1. The van der Waals surface area contributed by atoms with Crippen molar-refractivity contribution in [3.05, 3.63) is 115 Å². The first-order chi connectivity index (χ1) is 18.3. The molecule has 6 rings (SSSR count). The molecule has 0 bridgehead atoms. The normalized spacial score (nSPS) is 11.8. The first-order valence-electron chi connectivity index (χ1n) is 12.1. The van der Waals surface area contributed by atoms with E-state index in [0.717, 1.165) is 62.1 Å². The number of aryl methyl sites for hydroxylation is 1. The van der Waals surface area contributed by atoms with Crippen LogP contribution in [0.2, 0.25) is 0 Å². The Bertz CT molecular complexity index is 1800. The summed E-state index contributed by atoms with van der Waals surface area (Å²) in [4.78, 5) is 10.5. The van der Waals surface area contributed by atoms with Crippen LogP contribution in [0.15, 0.2) is 103 Å². The van der Waals surface area contributed by atoms with Crippen LogP contribution in [-0.4, -0.2) is 21.6 Å². The van der Waals surface area contributed by atoms with Crippen LogP contribution in [0.5, 0.6) is 0 Å². The Morgan fingerprint density at radius 1 is 0.711 bits per heavy atom. The molecule has 4 nitrogen and oxygen atoms in total. The molecule has 0 unspecified atom stereocenters. The molecule has 0 fully saturated rings. The Morgan fingerprint density at radius 2 is 1.47 bits per heavy atom. The number of halogens is 3. The van der Waals surface area contributed by atoms with E-state index < -0.39 is 11.7 Å². The number of hydrogen-bond acceptors (Lipinski definition) is 3. The molecule has 0 saturated heterocycles. The maximum atomic E-state index is 13.2. The molecular formula is C31H23F3N4. The molecule has 0 amide bonds. The Hall–Kier alpha value is -4.65. The molecule has 0 N–H and O–H groups in total. The Balaban J connectivity index is 1.46. The summed E-state index contributed by atoms with van der Waals surface area (Å²) in [6.45, 7) is 2.05. The molecular weight excluding hydrogens is 485 g/mol. The van der Waals surface area contributed by atoms with Gasteiger partial charge < -0.3 is 4.90 Å². The number of hydrogen-bond donors (Lipinski definition) is 0. The van der Waals surface area contributed by atoms with Gasteiger partial charge in [-0.25, -0.2) is 9.97 Å². The molecule has 188 valence electrons. The van der Waals surface area contributed by atoms with Gasteiger partial charge in [-0.2, -0.15) is 13.2 Å². The van der Waals surface area contributed by atoms with Crippen LogP contribution >= 0.6 is 0 Å². The van der Waals surface area contributed by atoms with Gasteiger partial charge in [-0.1, -0.05) is 42.5 Å². The van der Waals surface area contributed by atoms with Gasteiger partial charge in [-0.05, 0) is 72.1 Å².